The Bertz CT molecular complexity index is 543. The van der Waals surface area contributed by atoms with Crippen LogP contribution in [0.3, 0.4) is 0 Å². The third-order valence-corrected chi connectivity index (χ3v) is 3.38. The highest BCUT2D eigenvalue weighted by Crippen LogP contribution is 2.21. The van der Waals surface area contributed by atoms with Gasteiger partial charge in [-0.15, -0.1) is 0 Å². The number of nitrogens with zero attached hydrogens (tertiary/aromatic N) is 2. The summed E-state index contributed by atoms with van der Waals surface area (Å²) in [5.41, 5.74) is 2.94. The number of nitrogens with one attached hydrogen (secondary N) is 1. The lowest BCUT2D eigenvalue weighted by Crippen LogP contribution is -2.02. The van der Waals surface area contributed by atoms with Crippen molar-refractivity contribution < 1.29 is 5.11 Å². The summed E-state index contributed by atoms with van der Waals surface area (Å²) >= 11 is 1.47. The first-order chi connectivity index (χ1) is 9.26. The highest BCUT2D eigenvalue weighted by Gasteiger charge is 2.06. The monoisotopic (exact) mass is 275 g/mol. The van der Waals surface area contributed by atoms with Gasteiger partial charge in [0.2, 0.25) is 0 Å². The smallest absolute Gasteiger partial charge is 0.189 e. The Kier molecular flexibility index (Phi) is 4.76. The van der Waals surface area contributed by atoms with Crippen molar-refractivity contribution in [3.8, 4) is 0 Å². The van der Waals surface area contributed by atoms with Crippen molar-refractivity contribution in [2.24, 2.45) is 0 Å². The standard InChI is InChI=1S/C14H17N3OS/c1-3-10-4-6-12(7-5-10)16-13-11(9-18)8-15-14(17-13)19-2/h4-8,18H,3,9H2,1-2H3,(H,15,16,17). The molecule has 2 aromatic rings. The van der Waals surface area contributed by atoms with Gasteiger partial charge in [-0.1, -0.05) is 30.8 Å². The number of aryl methyl sites for hydroxylation is 1. The van der Waals surface area contributed by atoms with Gasteiger partial charge in [0.1, 0.15) is 5.82 Å². The molecule has 2 N–H and O–H groups in total. The van der Waals surface area contributed by atoms with E-state index in [1.165, 1.54) is 17.3 Å². The van der Waals surface area contributed by atoms with E-state index >= 15 is 0 Å². The predicted molar refractivity (Wildman–Crippen MR) is 78.8 cm³/mol. The minimum atomic E-state index is -0.0793. The zero-order chi connectivity index (χ0) is 13.7. The molecule has 0 spiro atoms. The van der Waals surface area contributed by atoms with Gasteiger partial charge in [-0.25, -0.2) is 9.97 Å². The van der Waals surface area contributed by atoms with Crippen LogP contribution < -0.4 is 5.32 Å². The van der Waals surface area contributed by atoms with Gasteiger partial charge in [-0.2, -0.15) is 0 Å². The van der Waals surface area contributed by atoms with E-state index in [-0.39, 0.29) is 6.61 Å². The normalized spacial score (nSPS) is 10.5. The fraction of sp³-hybridized carbons (Fsp3) is 0.286. The van der Waals surface area contributed by atoms with E-state index in [2.05, 4.69) is 34.3 Å². The third-order valence-electron chi connectivity index (χ3n) is 2.82. The number of rotatable bonds is 5. The Morgan fingerprint density at radius 1 is 1.26 bits per heavy atom. The lowest BCUT2D eigenvalue weighted by atomic mass is 10.1. The molecule has 5 heteroatoms. The topological polar surface area (TPSA) is 58.0 Å². The van der Waals surface area contributed by atoms with Gasteiger partial charge in [0.25, 0.3) is 0 Å². The Morgan fingerprint density at radius 3 is 2.58 bits per heavy atom. The molecule has 0 saturated carbocycles. The summed E-state index contributed by atoms with van der Waals surface area (Å²) in [5.74, 6) is 0.658. The number of aromatic nitrogens is 2. The first-order valence-corrected chi connectivity index (χ1v) is 7.36. The lowest BCUT2D eigenvalue weighted by Gasteiger charge is -2.10. The number of benzene rings is 1. The van der Waals surface area contributed by atoms with E-state index < -0.39 is 0 Å². The average molecular weight is 275 g/mol. The predicted octanol–water partition coefficient (Wildman–Crippen LogP) is 3.00. The molecule has 0 aliphatic rings. The van der Waals surface area contributed by atoms with Gasteiger partial charge in [0.15, 0.2) is 5.16 Å². The van der Waals surface area contributed by atoms with E-state index in [4.69, 9.17) is 0 Å². The molecular formula is C14H17N3OS. The lowest BCUT2D eigenvalue weighted by molar-refractivity contribution is 0.281. The van der Waals surface area contributed by atoms with E-state index in [0.29, 0.717) is 16.5 Å². The molecule has 0 atom stereocenters. The second kappa shape index (κ2) is 6.54. The summed E-state index contributed by atoms with van der Waals surface area (Å²) in [6.07, 6.45) is 4.60. The molecule has 0 aliphatic heterocycles. The second-order valence-electron chi connectivity index (χ2n) is 4.06. The summed E-state index contributed by atoms with van der Waals surface area (Å²) in [5, 5.41) is 13.2. The van der Waals surface area contributed by atoms with Crippen molar-refractivity contribution in [1.82, 2.24) is 9.97 Å². The Balaban J connectivity index is 2.25. The van der Waals surface area contributed by atoms with E-state index in [1.54, 1.807) is 6.20 Å². The fourth-order valence-corrected chi connectivity index (χ4v) is 2.01. The maximum absolute atomic E-state index is 9.32. The maximum Gasteiger partial charge on any atom is 0.189 e. The molecule has 100 valence electrons. The summed E-state index contributed by atoms with van der Waals surface area (Å²) < 4.78 is 0. The molecule has 0 unspecified atom stereocenters. The molecule has 19 heavy (non-hydrogen) atoms. The quantitative estimate of drug-likeness (QED) is 0.649. The molecular weight excluding hydrogens is 258 g/mol. The molecule has 0 aliphatic carbocycles. The van der Waals surface area contributed by atoms with Crippen LogP contribution in [0.5, 0.6) is 0 Å². The highest BCUT2D eigenvalue weighted by atomic mass is 32.2. The maximum atomic E-state index is 9.32. The van der Waals surface area contributed by atoms with E-state index in [9.17, 15) is 5.11 Å². The summed E-state index contributed by atoms with van der Waals surface area (Å²) in [7, 11) is 0. The van der Waals surface area contributed by atoms with Crippen LogP contribution in [0.25, 0.3) is 0 Å². The first kappa shape index (κ1) is 13.8. The fourth-order valence-electron chi connectivity index (χ4n) is 1.67. The molecule has 1 aromatic heterocycles. The molecule has 1 aromatic carbocycles. The minimum Gasteiger partial charge on any atom is -0.391 e. The van der Waals surface area contributed by atoms with Crippen molar-refractivity contribution in [3.63, 3.8) is 0 Å². The van der Waals surface area contributed by atoms with Crippen molar-refractivity contribution in [1.29, 1.82) is 0 Å². The van der Waals surface area contributed by atoms with Crippen LogP contribution in [0, 0.1) is 0 Å². The van der Waals surface area contributed by atoms with Crippen molar-refractivity contribution in [2.45, 2.75) is 25.1 Å². The SMILES string of the molecule is CCc1ccc(Nc2nc(SC)ncc2CO)cc1. The molecule has 0 fully saturated rings. The minimum absolute atomic E-state index is 0.0793. The van der Waals surface area contributed by atoms with Crippen LogP contribution in [0.4, 0.5) is 11.5 Å². The number of aliphatic hydroxyl groups excluding tert-OH is 1. The average Bonchev–Trinajstić information content (AvgIpc) is 2.48. The van der Waals surface area contributed by atoms with Crippen LogP contribution in [-0.2, 0) is 13.0 Å². The van der Waals surface area contributed by atoms with Gasteiger partial charge >= 0.3 is 0 Å². The number of aliphatic hydroxyl groups is 1. The van der Waals surface area contributed by atoms with Crippen LogP contribution in [0.1, 0.15) is 18.1 Å². The second-order valence-corrected chi connectivity index (χ2v) is 4.84. The zero-order valence-corrected chi connectivity index (χ0v) is 11.9. The van der Waals surface area contributed by atoms with Crippen molar-refractivity contribution in [3.05, 3.63) is 41.6 Å². The van der Waals surface area contributed by atoms with Crippen LogP contribution >= 0.6 is 11.8 Å². The van der Waals surface area contributed by atoms with Crippen LogP contribution in [-0.4, -0.2) is 21.3 Å². The molecule has 0 bridgehead atoms. The molecule has 2 rings (SSSR count). The molecule has 4 nitrogen and oxygen atoms in total. The molecule has 1 heterocycles. The molecule has 0 amide bonds. The summed E-state index contributed by atoms with van der Waals surface area (Å²) in [4.78, 5) is 8.53. The van der Waals surface area contributed by atoms with Gasteiger partial charge in [0, 0.05) is 17.4 Å². The number of hydrogen-bond donors (Lipinski definition) is 2. The molecule has 0 radical (unpaired) electrons. The van der Waals surface area contributed by atoms with Gasteiger partial charge in [-0.05, 0) is 30.4 Å². The van der Waals surface area contributed by atoms with Crippen LogP contribution in [0.2, 0.25) is 0 Å². The Morgan fingerprint density at radius 2 is 2.00 bits per heavy atom. The van der Waals surface area contributed by atoms with Crippen molar-refractivity contribution in [2.75, 3.05) is 11.6 Å². The van der Waals surface area contributed by atoms with Crippen molar-refractivity contribution >= 4 is 23.3 Å². The summed E-state index contributed by atoms with van der Waals surface area (Å²) in [6.45, 7) is 2.05. The number of thioether (sulfide) groups is 1. The van der Waals surface area contributed by atoms with Gasteiger partial charge in [-0.3, -0.25) is 0 Å². The van der Waals surface area contributed by atoms with E-state index in [1.807, 2.05) is 18.4 Å². The summed E-state index contributed by atoms with van der Waals surface area (Å²) in [6, 6.07) is 8.19. The Labute approximate surface area is 117 Å². The number of anilines is 2. The largest absolute Gasteiger partial charge is 0.391 e. The van der Waals surface area contributed by atoms with Crippen LogP contribution in [0.15, 0.2) is 35.6 Å². The highest BCUT2D eigenvalue weighted by molar-refractivity contribution is 7.98. The zero-order valence-electron chi connectivity index (χ0n) is 11.1. The first-order valence-electron chi connectivity index (χ1n) is 6.13. The number of hydrogen-bond acceptors (Lipinski definition) is 5. The third kappa shape index (κ3) is 3.45. The van der Waals surface area contributed by atoms with E-state index in [0.717, 1.165) is 12.1 Å². The Hall–Kier alpha value is -1.59. The van der Waals surface area contributed by atoms with Gasteiger partial charge < -0.3 is 10.4 Å². The van der Waals surface area contributed by atoms with Gasteiger partial charge in [0.05, 0.1) is 6.61 Å². The molecule has 0 saturated heterocycles.